The van der Waals surface area contributed by atoms with Crippen molar-refractivity contribution in [2.75, 3.05) is 23.3 Å². The van der Waals surface area contributed by atoms with Crippen molar-refractivity contribution >= 4 is 23.2 Å². The summed E-state index contributed by atoms with van der Waals surface area (Å²) >= 11 is 0. The Balaban J connectivity index is 1.33. The highest BCUT2D eigenvalue weighted by Crippen LogP contribution is 2.42. The average Bonchev–Trinajstić information content (AvgIpc) is 3.14. The van der Waals surface area contributed by atoms with Gasteiger partial charge < -0.3 is 10.2 Å². The molecule has 2 unspecified atom stereocenters. The summed E-state index contributed by atoms with van der Waals surface area (Å²) in [6.45, 7) is 0.465. The van der Waals surface area contributed by atoms with E-state index in [-0.39, 0.29) is 11.6 Å². The van der Waals surface area contributed by atoms with E-state index in [2.05, 4.69) is 10.7 Å². The number of nitrogens with one attached hydrogen (secondary N) is 2. The van der Waals surface area contributed by atoms with Gasteiger partial charge in [-0.15, -0.1) is 0 Å². The van der Waals surface area contributed by atoms with Gasteiger partial charge in [-0.3, -0.25) is 14.6 Å². The number of alkyl halides is 3. The normalized spacial score (nSPS) is 19.2. The van der Waals surface area contributed by atoms with Crippen molar-refractivity contribution in [1.82, 2.24) is 10.4 Å². The molecular formula is C26H22F4N4O2. The zero-order valence-corrected chi connectivity index (χ0v) is 18.9. The second-order valence-electron chi connectivity index (χ2n) is 8.83. The van der Waals surface area contributed by atoms with Crippen molar-refractivity contribution in [3.05, 3.63) is 95.3 Å². The number of hydrogen-bond donors (Lipinski definition) is 2. The molecule has 2 heterocycles. The van der Waals surface area contributed by atoms with E-state index in [4.69, 9.17) is 0 Å². The summed E-state index contributed by atoms with van der Waals surface area (Å²) in [6.07, 6.45) is -4.54. The molecule has 3 aromatic carbocycles. The van der Waals surface area contributed by atoms with Crippen LogP contribution in [-0.2, 0) is 22.3 Å². The van der Waals surface area contributed by atoms with Crippen LogP contribution < -0.4 is 15.6 Å². The van der Waals surface area contributed by atoms with Gasteiger partial charge in [0.15, 0.2) is 0 Å². The Bertz CT molecular complexity index is 1300. The van der Waals surface area contributed by atoms with Crippen LogP contribution in [0.25, 0.3) is 0 Å². The third-order valence-electron chi connectivity index (χ3n) is 6.35. The van der Waals surface area contributed by atoms with E-state index in [1.54, 1.807) is 6.07 Å². The van der Waals surface area contributed by atoms with Gasteiger partial charge in [0.25, 0.3) is 0 Å². The first-order valence-corrected chi connectivity index (χ1v) is 11.3. The number of rotatable bonds is 5. The highest BCUT2D eigenvalue weighted by Gasteiger charge is 2.46. The van der Waals surface area contributed by atoms with Gasteiger partial charge in [0, 0.05) is 24.5 Å². The van der Waals surface area contributed by atoms with E-state index in [0.717, 1.165) is 28.4 Å². The Hall–Kier alpha value is -3.92. The van der Waals surface area contributed by atoms with Gasteiger partial charge in [-0.05, 0) is 47.5 Å². The van der Waals surface area contributed by atoms with Crippen molar-refractivity contribution in [2.24, 2.45) is 5.92 Å². The maximum atomic E-state index is 14.2. The molecule has 5 rings (SSSR count). The molecule has 2 atom stereocenters. The highest BCUT2D eigenvalue weighted by atomic mass is 19.4. The SMILES string of the molecule is O=C(CN1NC2c3cc(F)ccc3N(Cc3ccccc3)CC2C1=O)Nc1cccc(C(F)(F)F)c1. The van der Waals surface area contributed by atoms with Crippen LogP contribution in [0.4, 0.5) is 28.9 Å². The summed E-state index contributed by atoms with van der Waals surface area (Å²) in [4.78, 5) is 27.8. The lowest BCUT2D eigenvalue weighted by Crippen LogP contribution is -2.41. The minimum absolute atomic E-state index is 0.0275. The summed E-state index contributed by atoms with van der Waals surface area (Å²) in [5.41, 5.74) is 4.52. The van der Waals surface area contributed by atoms with E-state index in [1.807, 2.05) is 35.2 Å². The quantitative estimate of drug-likeness (QED) is 0.509. The molecule has 0 bridgehead atoms. The molecule has 2 aliphatic heterocycles. The molecule has 3 aromatic rings. The second kappa shape index (κ2) is 9.27. The zero-order chi connectivity index (χ0) is 25.4. The molecule has 0 spiro atoms. The van der Waals surface area contributed by atoms with Gasteiger partial charge in [-0.25, -0.2) is 9.82 Å². The lowest BCUT2D eigenvalue weighted by atomic mass is 9.88. The van der Waals surface area contributed by atoms with Gasteiger partial charge >= 0.3 is 6.18 Å². The lowest BCUT2D eigenvalue weighted by molar-refractivity contribution is -0.137. The Morgan fingerprint density at radius 2 is 1.81 bits per heavy atom. The number of benzene rings is 3. The highest BCUT2D eigenvalue weighted by molar-refractivity contribution is 5.95. The first kappa shape index (κ1) is 23.8. The molecule has 0 aliphatic carbocycles. The summed E-state index contributed by atoms with van der Waals surface area (Å²) in [7, 11) is 0. The molecular weight excluding hydrogens is 476 g/mol. The van der Waals surface area contributed by atoms with Crippen LogP contribution in [-0.4, -0.2) is 29.9 Å². The van der Waals surface area contributed by atoms with E-state index in [9.17, 15) is 27.2 Å². The summed E-state index contributed by atoms with van der Waals surface area (Å²) < 4.78 is 53.1. The first-order valence-electron chi connectivity index (χ1n) is 11.3. The first-order chi connectivity index (χ1) is 17.2. The molecule has 0 saturated carbocycles. The minimum atomic E-state index is -4.54. The van der Waals surface area contributed by atoms with Gasteiger partial charge in [0.05, 0.1) is 17.5 Å². The van der Waals surface area contributed by atoms with Crippen molar-refractivity contribution in [2.45, 2.75) is 18.8 Å². The van der Waals surface area contributed by atoms with Crippen LogP contribution in [0.2, 0.25) is 0 Å². The second-order valence-corrected chi connectivity index (χ2v) is 8.83. The molecule has 10 heteroatoms. The number of carbonyl (C=O) groups excluding carboxylic acids is 2. The zero-order valence-electron chi connectivity index (χ0n) is 18.9. The Morgan fingerprint density at radius 3 is 2.56 bits per heavy atom. The molecule has 2 amide bonds. The van der Waals surface area contributed by atoms with Crippen molar-refractivity contribution in [1.29, 1.82) is 0 Å². The predicted molar refractivity (Wildman–Crippen MR) is 125 cm³/mol. The third-order valence-corrected chi connectivity index (χ3v) is 6.35. The molecule has 6 nitrogen and oxygen atoms in total. The Labute approximate surface area is 204 Å². The molecule has 2 N–H and O–H groups in total. The van der Waals surface area contributed by atoms with Crippen molar-refractivity contribution in [3.8, 4) is 0 Å². The predicted octanol–water partition coefficient (Wildman–Crippen LogP) is 4.51. The molecule has 0 radical (unpaired) electrons. The number of halogens is 4. The molecule has 1 saturated heterocycles. The topological polar surface area (TPSA) is 64.7 Å². The van der Waals surface area contributed by atoms with Gasteiger partial charge in [-0.2, -0.15) is 13.2 Å². The lowest BCUT2D eigenvalue weighted by Gasteiger charge is -2.36. The number of fused-ring (bicyclic) bond motifs is 3. The van der Waals surface area contributed by atoms with Crippen LogP contribution in [0.3, 0.4) is 0 Å². The smallest absolute Gasteiger partial charge is 0.366 e. The minimum Gasteiger partial charge on any atom is -0.366 e. The van der Waals surface area contributed by atoms with Crippen molar-refractivity contribution < 1.29 is 27.2 Å². The standard InChI is InChI=1S/C26H22F4N4O2/c27-18-9-10-22-20(12-18)24-21(14-33(22)13-16-5-2-1-3-6-16)25(36)34(32-24)15-23(35)31-19-8-4-7-17(11-19)26(28,29)30/h1-12,21,24,32H,13-15H2,(H,31,35). The fraction of sp³-hybridized carbons (Fsp3) is 0.231. The number of carbonyl (C=O) groups is 2. The molecule has 1 fully saturated rings. The summed E-state index contributed by atoms with van der Waals surface area (Å²) in [6, 6.07) is 17.9. The van der Waals surface area contributed by atoms with Crippen LogP contribution in [0.1, 0.15) is 22.7 Å². The van der Waals surface area contributed by atoms with Crippen molar-refractivity contribution in [3.63, 3.8) is 0 Å². The maximum absolute atomic E-state index is 14.2. The van der Waals surface area contributed by atoms with Crippen LogP contribution >= 0.6 is 0 Å². The Morgan fingerprint density at radius 1 is 1.03 bits per heavy atom. The number of nitrogens with zero attached hydrogens (tertiary/aromatic N) is 2. The average molecular weight is 498 g/mol. The number of hydrazine groups is 1. The fourth-order valence-corrected chi connectivity index (χ4v) is 4.73. The molecule has 36 heavy (non-hydrogen) atoms. The fourth-order valence-electron chi connectivity index (χ4n) is 4.73. The van der Waals surface area contributed by atoms with Gasteiger partial charge in [-0.1, -0.05) is 36.4 Å². The van der Waals surface area contributed by atoms with E-state index in [1.165, 1.54) is 24.3 Å². The summed E-state index contributed by atoms with van der Waals surface area (Å²) in [5.74, 6) is -2.00. The monoisotopic (exact) mass is 498 g/mol. The van der Waals surface area contributed by atoms with Gasteiger partial charge in [0.1, 0.15) is 12.4 Å². The molecule has 2 aliphatic rings. The van der Waals surface area contributed by atoms with E-state index < -0.39 is 42.0 Å². The largest absolute Gasteiger partial charge is 0.416 e. The number of anilines is 2. The van der Waals surface area contributed by atoms with Crippen LogP contribution in [0.5, 0.6) is 0 Å². The maximum Gasteiger partial charge on any atom is 0.416 e. The number of hydrogen-bond acceptors (Lipinski definition) is 4. The van der Waals surface area contributed by atoms with Crippen LogP contribution in [0.15, 0.2) is 72.8 Å². The summed E-state index contributed by atoms with van der Waals surface area (Å²) in [5, 5.41) is 3.56. The van der Waals surface area contributed by atoms with Gasteiger partial charge in [0.2, 0.25) is 11.8 Å². The number of amides is 2. The van der Waals surface area contributed by atoms with E-state index >= 15 is 0 Å². The molecule has 186 valence electrons. The third kappa shape index (κ3) is 4.76. The van der Waals surface area contributed by atoms with Crippen LogP contribution in [0, 0.1) is 11.7 Å². The molecule has 0 aromatic heterocycles. The Kier molecular flexibility index (Phi) is 6.13. The van der Waals surface area contributed by atoms with E-state index in [0.29, 0.717) is 18.7 Å².